The first-order valence-corrected chi connectivity index (χ1v) is 6.11. The molecule has 0 saturated carbocycles. The summed E-state index contributed by atoms with van der Waals surface area (Å²) in [6.45, 7) is 3.71. The van der Waals surface area contributed by atoms with E-state index in [1.807, 2.05) is 25.9 Å². The van der Waals surface area contributed by atoms with E-state index in [2.05, 4.69) is 0 Å². The Hall–Kier alpha value is -1.10. The number of unbranched alkanes of at least 4 members (excludes halogenated alkanes) is 1. The van der Waals surface area contributed by atoms with Gasteiger partial charge in [0.15, 0.2) is 0 Å². The number of hydrogen-bond acceptors (Lipinski definition) is 3. The van der Waals surface area contributed by atoms with Crippen molar-refractivity contribution in [2.45, 2.75) is 32.6 Å². The van der Waals surface area contributed by atoms with Crippen LogP contribution < -0.4 is 0 Å². The van der Waals surface area contributed by atoms with Crippen LogP contribution in [0.3, 0.4) is 0 Å². The number of nitrogens with zero attached hydrogens (tertiary/aromatic N) is 2. The SMILES string of the molecule is CCCCC(=O)N(CCC(=O)O)CCN(C)C. The molecule has 0 saturated heterocycles. The summed E-state index contributed by atoms with van der Waals surface area (Å²) in [4.78, 5) is 26.0. The van der Waals surface area contributed by atoms with Crippen molar-refractivity contribution < 1.29 is 14.7 Å². The first-order chi connectivity index (χ1) is 7.97. The molecule has 0 rings (SSSR count). The Kier molecular flexibility index (Phi) is 8.40. The maximum absolute atomic E-state index is 11.8. The summed E-state index contributed by atoms with van der Waals surface area (Å²) in [5, 5.41) is 8.65. The molecular weight excluding hydrogens is 220 g/mol. The highest BCUT2D eigenvalue weighted by molar-refractivity contribution is 5.77. The summed E-state index contributed by atoms with van der Waals surface area (Å²) >= 11 is 0. The molecule has 0 aromatic carbocycles. The van der Waals surface area contributed by atoms with Gasteiger partial charge in [-0.3, -0.25) is 9.59 Å². The first-order valence-electron chi connectivity index (χ1n) is 6.11. The Morgan fingerprint density at radius 1 is 1.06 bits per heavy atom. The zero-order chi connectivity index (χ0) is 13.3. The van der Waals surface area contributed by atoms with Crippen molar-refractivity contribution in [1.29, 1.82) is 0 Å². The van der Waals surface area contributed by atoms with E-state index in [9.17, 15) is 9.59 Å². The Balaban J connectivity index is 4.17. The number of likely N-dealkylation sites (N-methyl/N-ethyl adjacent to an activating group) is 1. The van der Waals surface area contributed by atoms with Gasteiger partial charge in [-0.15, -0.1) is 0 Å². The molecule has 100 valence electrons. The molecular formula is C12H24N2O3. The molecule has 0 aromatic rings. The number of carbonyl (C=O) groups is 2. The van der Waals surface area contributed by atoms with Crippen molar-refractivity contribution >= 4 is 11.9 Å². The van der Waals surface area contributed by atoms with Crippen molar-refractivity contribution in [2.75, 3.05) is 33.7 Å². The number of carbonyl (C=O) groups excluding carboxylic acids is 1. The lowest BCUT2D eigenvalue weighted by atomic mass is 10.2. The van der Waals surface area contributed by atoms with Gasteiger partial charge in [-0.05, 0) is 20.5 Å². The monoisotopic (exact) mass is 244 g/mol. The Bertz CT molecular complexity index is 242. The van der Waals surface area contributed by atoms with Crippen molar-refractivity contribution in [3.05, 3.63) is 0 Å². The van der Waals surface area contributed by atoms with Crippen LogP contribution in [0.2, 0.25) is 0 Å². The minimum absolute atomic E-state index is 0.0191. The number of rotatable bonds is 9. The van der Waals surface area contributed by atoms with Crippen LogP contribution in [0.15, 0.2) is 0 Å². The third-order valence-corrected chi connectivity index (χ3v) is 2.51. The van der Waals surface area contributed by atoms with E-state index in [1.165, 1.54) is 0 Å². The molecule has 5 nitrogen and oxygen atoms in total. The van der Waals surface area contributed by atoms with Gasteiger partial charge in [0.1, 0.15) is 0 Å². The number of amides is 1. The average molecular weight is 244 g/mol. The zero-order valence-electron chi connectivity index (χ0n) is 11.1. The van der Waals surface area contributed by atoms with Crippen LogP contribution in [-0.2, 0) is 9.59 Å². The topological polar surface area (TPSA) is 60.9 Å². The second-order valence-electron chi connectivity index (χ2n) is 4.43. The largest absolute Gasteiger partial charge is 0.481 e. The Morgan fingerprint density at radius 3 is 2.18 bits per heavy atom. The summed E-state index contributed by atoms with van der Waals surface area (Å²) < 4.78 is 0. The van der Waals surface area contributed by atoms with Crippen molar-refractivity contribution in [2.24, 2.45) is 0 Å². The summed E-state index contributed by atoms with van der Waals surface area (Å²) in [6.07, 6.45) is 2.38. The van der Waals surface area contributed by atoms with E-state index in [0.717, 1.165) is 19.4 Å². The third kappa shape index (κ3) is 8.68. The summed E-state index contributed by atoms with van der Waals surface area (Å²) in [5.41, 5.74) is 0. The highest BCUT2D eigenvalue weighted by Crippen LogP contribution is 2.02. The summed E-state index contributed by atoms with van der Waals surface area (Å²) in [7, 11) is 3.87. The second kappa shape index (κ2) is 8.98. The molecule has 0 aromatic heterocycles. The molecule has 0 unspecified atom stereocenters. The molecule has 1 amide bonds. The van der Waals surface area contributed by atoms with Crippen molar-refractivity contribution in [3.63, 3.8) is 0 Å². The molecule has 0 spiro atoms. The number of hydrogen-bond donors (Lipinski definition) is 1. The molecule has 17 heavy (non-hydrogen) atoms. The van der Waals surface area contributed by atoms with Gasteiger partial charge in [0.25, 0.3) is 0 Å². The Morgan fingerprint density at radius 2 is 1.71 bits per heavy atom. The third-order valence-electron chi connectivity index (χ3n) is 2.51. The fraction of sp³-hybridized carbons (Fsp3) is 0.833. The van der Waals surface area contributed by atoms with Crippen molar-refractivity contribution in [3.8, 4) is 0 Å². The maximum atomic E-state index is 11.8. The lowest BCUT2D eigenvalue weighted by molar-refractivity contribution is -0.138. The van der Waals surface area contributed by atoms with Gasteiger partial charge >= 0.3 is 5.97 Å². The number of carboxylic acids is 1. The molecule has 5 heteroatoms. The first kappa shape index (κ1) is 15.9. The predicted molar refractivity (Wildman–Crippen MR) is 66.9 cm³/mol. The van der Waals surface area contributed by atoms with Crippen LogP contribution in [0.25, 0.3) is 0 Å². The minimum Gasteiger partial charge on any atom is -0.481 e. The normalized spacial score (nSPS) is 10.6. The maximum Gasteiger partial charge on any atom is 0.305 e. The van der Waals surface area contributed by atoms with Crippen LogP contribution in [-0.4, -0.2) is 60.5 Å². The lowest BCUT2D eigenvalue weighted by Crippen LogP contribution is -2.37. The second-order valence-corrected chi connectivity index (χ2v) is 4.43. The zero-order valence-corrected chi connectivity index (χ0v) is 11.1. The van der Waals surface area contributed by atoms with Gasteiger partial charge in [-0.1, -0.05) is 13.3 Å². The van der Waals surface area contributed by atoms with Gasteiger partial charge in [-0.25, -0.2) is 0 Å². The predicted octanol–water partition coefficient (Wildman–Crippen LogP) is 1.04. The van der Waals surface area contributed by atoms with Crippen LogP contribution in [0.1, 0.15) is 32.6 Å². The van der Waals surface area contributed by atoms with E-state index in [1.54, 1.807) is 4.90 Å². The fourth-order valence-electron chi connectivity index (χ4n) is 1.40. The summed E-state index contributed by atoms with van der Waals surface area (Å²) in [5.74, 6) is -0.793. The number of carboxylic acid groups (broad SMARTS) is 1. The van der Waals surface area contributed by atoms with E-state index in [0.29, 0.717) is 19.5 Å². The highest BCUT2D eigenvalue weighted by Gasteiger charge is 2.14. The molecule has 0 bridgehead atoms. The van der Waals surface area contributed by atoms with Crippen LogP contribution in [0.5, 0.6) is 0 Å². The fourth-order valence-corrected chi connectivity index (χ4v) is 1.40. The molecule has 0 aliphatic heterocycles. The average Bonchev–Trinajstić information content (AvgIpc) is 2.25. The highest BCUT2D eigenvalue weighted by atomic mass is 16.4. The smallest absolute Gasteiger partial charge is 0.305 e. The number of aliphatic carboxylic acids is 1. The van der Waals surface area contributed by atoms with Gasteiger partial charge in [0, 0.05) is 26.1 Å². The molecule has 0 fully saturated rings. The van der Waals surface area contributed by atoms with E-state index in [4.69, 9.17) is 5.11 Å². The molecule has 0 aliphatic carbocycles. The standard InChI is InChI=1S/C12H24N2O3/c1-4-5-6-11(15)14(8-7-12(16)17)10-9-13(2)3/h4-10H2,1-3H3,(H,16,17). The molecule has 0 aliphatic rings. The van der Waals surface area contributed by atoms with E-state index >= 15 is 0 Å². The van der Waals surface area contributed by atoms with Crippen molar-refractivity contribution in [1.82, 2.24) is 9.80 Å². The van der Waals surface area contributed by atoms with Gasteiger partial charge < -0.3 is 14.9 Å². The molecule has 1 N–H and O–H groups in total. The quantitative estimate of drug-likeness (QED) is 0.658. The molecule has 0 heterocycles. The van der Waals surface area contributed by atoms with E-state index < -0.39 is 5.97 Å². The van der Waals surface area contributed by atoms with Gasteiger partial charge in [0.05, 0.1) is 6.42 Å². The molecule has 0 atom stereocenters. The van der Waals surface area contributed by atoms with Gasteiger partial charge in [-0.2, -0.15) is 0 Å². The lowest BCUT2D eigenvalue weighted by Gasteiger charge is -2.23. The van der Waals surface area contributed by atoms with Crippen LogP contribution >= 0.6 is 0 Å². The van der Waals surface area contributed by atoms with Crippen LogP contribution in [0.4, 0.5) is 0 Å². The minimum atomic E-state index is -0.858. The molecule has 0 radical (unpaired) electrons. The van der Waals surface area contributed by atoms with Crippen LogP contribution in [0, 0.1) is 0 Å². The van der Waals surface area contributed by atoms with E-state index in [-0.39, 0.29) is 12.3 Å². The summed E-state index contributed by atoms with van der Waals surface area (Å²) in [6, 6.07) is 0. The Labute approximate surface area is 103 Å². The van der Waals surface area contributed by atoms with Gasteiger partial charge in [0.2, 0.25) is 5.91 Å².